The summed E-state index contributed by atoms with van der Waals surface area (Å²) >= 11 is 0. The van der Waals surface area contributed by atoms with Gasteiger partial charge in [0.25, 0.3) is 0 Å². The van der Waals surface area contributed by atoms with E-state index in [0.717, 1.165) is 42.9 Å². The third-order valence-electron chi connectivity index (χ3n) is 7.06. The highest BCUT2D eigenvalue weighted by Crippen LogP contribution is 2.41. The Morgan fingerprint density at radius 3 is 2.00 bits per heavy atom. The van der Waals surface area contributed by atoms with E-state index in [1.807, 2.05) is 31.3 Å². The number of aryl methyl sites for hydroxylation is 1. The van der Waals surface area contributed by atoms with Crippen molar-refractivity contribution in [2.45, 2.75) is 71.6 Å². The van der Waals surface area contributed by atoms with Crippen LogP contribution in [-0.4, -0.2) is 65.4 Å². The normalized spacial score (nSPS) is 21.3. The quantitative estimate of drug-likeness (QED) is 0.200. The minimum absolute atomic E-state index is 0.110. The van der Waals surface area contributed by atoms with Crippen LogP contribution in [0.3, 0.4) is 0 Å². The van der Waals surface area contributed by atoms with Crippen molar-refractivity contribution in [3.8, 4) is 5.75 Å². The van der Waals surface area contributed by atoms with E-state index in [9.17, 15) is 24.0 Å². The maximum Gasteiger partial charge on any atom is 0.308 e. The van der Waals surface area contributed by atoms with Gasteiger partial charge in [0.15, 0.2) is 18.3 Å². The Kier molecular flexibility index (Phi) is 10.0. The molecule has 1 saturated heterocycles. The SMILES string of the molecule is CC(=O)OCC1OC(c2cc(Cc3cc4ccccc4n3C)ccc2OC(C)=O)[C@H](OC(C)=O)C(OC(C)=O)[C@@H]1OC(C)=O. The molecular formula is C32H35NO11. The number of carbonyl (C=O) groups excluding carboxylic acids is 5. The number of fused-ring (bicyclic) bond motifs is 1. The molecule has 0 N–H and O–H groups in total. The molecule has 2 heterocycles. The van der Waals surface area contributed by atoms with Gasteiger partial charge >= 0.3 is 29.8 Å². The summed E-state index contributed by atoms with van der Waals surface area (Å²) in [4.78, 5) is 60.6. The third kappa shape index (κ3) is 7.62. The molecule has 12 heteroatoms. The molecule has 0 spiro atoms. The van der Waals surface area contributed by atoms with Crippen LogP contribution in [0.15, 0.2) is 48.5 Å². The highest BCUT2D eigenvalue weighted by atomic mass is 16.7. The van der Waals surface area contributed by atoms with Crippen molar-refractivity contribution in [3.05, 3.63) is 65.4 Å². The number of rotatable bonds is 9. The van der Waals surface area contributed by atoms with Crippen molar-refractivity contribution in [2.75, 3.05) is 6.61 Å². The molecule has 44 heavy (non-hydrogen) atoms. The van der Waals surface area contributed by atoms with Crippen LogP contribution in [0.4, 0.5) is 0 Å². The number of benzene rings is 2. The smallest absolute Gasteiger partial charge is 0.308 e. The lowest BCUT2D eigenvalue weighted by atomic mass is 9.89. The summed E-state index contributed by atoms with van der Waals surface area (Å²) in [6, 6.07) is 15.2. The molecule has 1 aliphatic heterocycles. The fourth-order valence-corrected chi connectivity index (χ4v) is 5.38. The molecule has 12 nitrogen and oxygen atoms in total. The average Bonchev–Trinajstić information content (AvgIpc) is 3.24. The molecule has 1 aromatic heterocycles. The lowest BCUT2D eigenvalue weighted by molar-refractivity contribution is -0.254. The fraction of sp³-hybridized carbons (Fsp3) is 0.406. The minimum atomic E-state index is -1.37. The van der Waals surface area contributed by atoms with Gasteiger partial charge in [0, 0.05) is 64.9 Å². The number of para-hydroxylation sites is 1. The Balaban J connectivity index is 1.85. The van der Waals surface area contributed by atoms with Crippen molar-refractivity contribution in [3.63, 3.8) is 0 Å². The van der Waals surface area contributed by atoms with Gasteiger partial charge in [0.2, 0.25) is 0 Å². The molecule has 0 amide bonds. The van der Waals surface area contributed by atoms with Crippen molar-refractivity contribution in [1.82, 2.24) is 4.57 Å². The van der Waals surface area contributed by atoms with E-state index >= 15 is 0 Å². The molecule has 0 saturated carbocycles. The number of ether oxygens (including phenoxy) is 6. The lowest BCUT2D eigenvalue weighted by Gasteiger charge is -2.44. The molecule has 234 valence electrons. The fourth-order valence-electron chi connectivity index (χ4n) is 5.38. The van der Waals surface area contributed by atoms with Gasteiger partial charge in [0.05, 0.1) is 0 Å². The van der Waals surface area contributed by atoms with Gasteiger partial charge in [-0.25, -0.2) is 0 Å². The molecule has 5 atom stereocenters. The number of carbonyl (C=O) groups is 5. The zero-order valence-electron chi connectivity index (χ0n) is 25.4. The van der Waals surface area contributed by atoms with E-state index in [1.165, 1.54) is 13.8 Å². The van der Waals surface area contributed by atoms with E-state index in [1.54, 1.807) is 18.2 Å². The van der Waals surface area contributed by atoms with Crippen molar-refractivity contribution in [2.24, 2.45) is 7.05 Å². The molecular weight excluding hydrogens is 574 g/mol. The van der Waals surface area contributed by atoms with E-state index in [4.69, 9.17) is 28.4 Å². The highest BCUT2D eigenvalue weighted by Gasteiger charge is 2.53. The van der Waals surface area contributed by atoms with Crippen molar-refractivity contribution in [1.29, 1.82) is 0 Å². The van der Waals surface area contributed by atoms with Crippen LogP contribution in [0.2, 0.25) is 0 Å². The Hall–Kier alpha value is -4.71. The second-order valence-electron chi connectivity index (χ2n) is 10.5. The topological polar surface area (TPSA) is 146 Å². The van der Waals surface area contributed by atoms with Crippen LogP contribution in [0.1, 0.15) is 57.5 Å². The summed E-state index contributed by atoms with van der Waals surface area (Å²) in [5.41, 5.74) is 3.15. The number of nitrogens with zero attached hydrogens (tertiary/aromatic N) is 1. The van der Waals surface area contributed by atoms with Crippen LogP contribution >= 0.6 is 0 Å². The number of hydrogen-bond acceptors (Lipinski definition) is 11. The molecule has 1 fully saturated rings. The lowest BCUT2D eigenvalue weighted by Crippen LogP contribution is -2.59. The zero-order valence-corrected chi connectivity index (χ0v) is 25.4. The Bertz CT molecular complexity index is 1580. The van der Waals surface area contributed by atoms with Gasteiger partial charge < -0.3 is 33.0 Å². The molecule has 1 aliphatic rings. The Morgan fingerprint density at radius 1 is 0.750 bits per heavy atom. The molecule has 0 bridgehead atoms. The summed E-state index contributed by atoms with van der Waals surface area (Å²) in [6.45, 7) is 5.51. The first-order valence-electron chi connectivity index (χ1n) is 14.0. The maximum absolute atomic E-state index is 12.4. The first-order valence-corrected chi connectivity index (χ1v) is 14.0. The summed E-state index contributed by atoms with van der Waals surface area (Å²) in [5, 5.41) is 1.07. The predicted molar refractivity (Wildman–Crippen MR) is 154 cm³/mol. The summed E-state index contributed by atoms with van der Waals surface area (Å²) in [7, 11) is 1.96. The molecule has 0 aliphatic carbocycles. The van der Waals surface area contributed by atoms with Crippen LogP contribution < -0.4 is 4.74 Å². The van der Waals surface area contributed by atoms with Gasteiger partial charge in [-0.1, -0.05) is 24.3 Å². The van der Waals surface area contributed by atoms with Crippen LogP contribution in [-0.2, 0) is 61.1 Å². The number of aromatic nitrogens is 1. The van der Waals surface area contributed by atoms with Gasteiger partial charge in [-0.3, -0.25) is 24.0 Å². The van der Waals surface area contributed by atoms with Crippen LogP contribution in [0.5, 0.6) is 5.75 Å². The van der Waals surface area contributed by atoms with E-state index in [-0.39, 0.29) is 12.4 Å². The predicted octanol–water partition coefficient (Wildman–Crippen LogP) is 3.49. The minimum Gasteiger partial charge on any atom is -0.463 e. The molecule has 2 aromatic carbocycles. The Morgan fingerprint density at radius 2 is 1.39 bits per heavy atom. The van der Waals surface area contributed by atoms with Gasteiger partial charge in [-0.05, 0) is 35.2 Å². The second kappa shape index (κ2) is 13.7. The molecule has 4 rings (SSSR count). The standard InChI is InChI=1S/C32H35NO11/c1-17(34)39-16-28-30(41-19(3)36)32(43-21(5)38)31(42-20(4)37)29(44-28)25-14-22(11-12-27(25)40-18(2)35)13-24-15-23-9-7-8-10-26(23)33(24)6/h7-12,14-15,28-32H,13,16H2,1-6H3/t28?,29?,30-,31+,32?/m1/s1. The monoisotopic (exact) mass is 609 g/mol. The first-order chi connectivity index (χ1) is 20.8. The van der Waals surface area contributed by atoms with Crippen molar-refractivity contribution >= 4 is 40.7 Å². The van der Waals surface area contributed by atoms with Gasteiger partial charge in [-0.15, -0.1) is 0 Å². The molecule has 0 radical (unpaired) electrons. The summed E-state index contributed by atoms with van der Waals surface area (Å²) < 4.78 is 35.8. The van der Waals surface area contributed by atoms with E-state index < -0.39 is 60.4 Å². The molecule has 3 unspecified atom stereocenters. The van der Waals surface area contributed by atoms with Crippen molar-refractivity contribution < 1.29 is 52.4 Å². The van der Waals surface area contributed by atoms with Crippen LogP contribution in [0.25, 0.3) is 10.9 Å². The average molecular weight is 610 g/mol. The second-order valence-corrected chi connectivity index (χ2v) is 10.5. The largest absolute Gasteiger partial charge is 0.463 e. The number of hydrogen-bond donors (Lipinski definition) is 0. The van der Waals surface area contributed by atoms with Gasteiger partial charge in [-0.2, -0.15) is 0 Å². The summed E-state index contributed by atoms with van der Waals surface area (Å²) in [6.07, 6.45) is -5.92. The van der Waals surface area contributed by atoms with E-state index in [0.29, 0.717) is 12.0 Å². The van der Waals surface area contributed by atoms with Gasteiger partial charge in [0.1, 0.15) is 24.6 Å². The summed E-state index contributed by atoms with van der Waals surface area (Å²) in [5.74, 6) is -3.35. The number of esters is 5. The third-order valence-corrected chi connectivity index (χ3v) is 7.06. The molecule has 3 aromatic rings. The zero-order chi connectivity index (χ0) is 32.1. The first kappa shape index (κ1) is 32.2. The van der Waals surface area contributed by atoms with E-state index in [2.05, 4.69) is 10.6 Å². The maximum atomic E-state index is 12.4. The highest BCUT2D eigenvalue weighted by molar-refractivity contribution is 5.81. The Labute approximate surface area is 254 Å². The van der Waals surface area contributed by atoms with Crippen LogP contribution in [0, 0.1) is 0 Å².